The topological polar surface area (TPSA) is 26.0 Å². The van der Waals surface area contributed by atoms with Crippen LogP contribution in [0.3, 0.4) is 0 Å². The quantitative estimate of drug-likeness (QED) is 0.914. The van der Waals surface area contributed by atoms with Gasteiger partial charge >= 0.3 is 0 Å². The minimum atomic E-state index is -0.212. The molecule has 1 atom stereocenters. The summed E-state index contributed by atoms with van der Waals surface area (Å²) in [5.41, 5.74) is 7.13. The summed E-state index contributed by atoms with van der Waals surface area (Å²) in [6, 6.07) is 8.48. The van der Waals surface area contributed by atoms with Gasteiger partial charge in [-0.2, -0.15) is 0 Å². The van der Waals surface area contributed by atoms with E-state index < -0.39 is 0 Å². The lowest BCUT2D eigenvalue weighted by Gasteiger charge is -2.09. The van der Waals surface area contributed by atoms with Crippen LogP contribution in [0.1, 0.15) is 16.5 Å². The van der Waals surface area contributed by atoms with E-state index in [4.69, 9.17) is 5.73 Å². The monoisotopic (exact) mass is 299 g/mol. The lowest BCUT2D eigenvalue weighted by Crippen LogP contribution is -2.11. The van der Waals surface area contributed by atoms with E-state index in [0.717, 1.165) is 21.3 Å². The van der Waals surface area contributed by atoms with Crippen molar-refractivity contribution in [2.75, 3.05) is 0 Å². The van der Waals surface area contributed by atoms with Crippen molar-refractivity contribution < 1.29 is 4.39 Å². The molecule has 1 heterocycles. The van der Waals surface area contributed by atoms with Crippen LogP contribution in [-0.2, 0) is 6.42 Å². The van der Waals surface area contributed by atoms with Gasteiger partial charge in [-0.25, -0.2) is 4.39 Å². The van der Waals surface area contributed by atoms with Gasteiger partial charge in [0, 0.05) is 20.8 Å². The Balaban J connectivity index is 2.07. The summed E-state index contributed by atoms with van der Waals surface area (Å²) in [5, 5.41) is 2.01. The molecule has 4 heteroatoms. The average Bonchev–Trinajstić information content (AvgIpc) is 2.68. The largest absolute Gasteiger partial charge is 0.323 e. The highest BCUT2D eigenvalue weighted by Gasteiger charge is 2.09. The van der Waals surface area contributed by atoms with Crippen molar-refractivity contribution >= 4 is 27.3 Å². The summed E-state index contributed by atoms with van der Waals surface area (Å²) < 4.78 is 13.8. The van der Waals surface area contributed by atoms with Crippen molar-refractivity contribution in [3.05, 3.63) is 56.4 Å². The first kappa shape index (κ1) is 11.8. The zero-order valence-corrected chi connectivity index (χ0v) is 10.9. The molecule has 0 saturated heterocycles. The van der Waals surface area contributed by atoms with E-state index in [1.165, 1.54) is 12.1 Å². The van der Waals surface area contributed by atoms with Crippen molar-refractivity contribution in [2.24, 2.45) is 5.73 Å². The number of hydrogen-bond acceptors (Lipinski definition) is 2. The van der Waals surface area contributed by atoms with Crippen LogP contribution < -0.4 is 5.73 Å². The Morgan fingerprint density at radius 2 is 2.00 bits per heavy atom. The van der Waals surface area contributed by atoms with Crippen LogP contribution in [0.2, 0.25) is 0 Å². The van der Waals surface area contributed by atoms with Crippen molar-refractivity contribution in [1.29, 1.82) is 0 Å². The normalized spacial score (nSPS) is 12.7. The third-order valence-corrected chi connectivity index (χ3v) is 4.15. The van der Waals surface area contributed by atoms with Crippen molar-refractivity contribution in [1.82, 2.24) is 0 Å². The predicted octanol–water partition coefficient (Wildman–Crippen LogP) is 3.89. The second-order valence-corrected chi connectivity index (χ2v) is 5.46. The number of halogens is 2. The van der Waals surface area contributed by atoms with Crippen molar-refractivity contribution in [2.45, 2.75) is 12.5 Å². The van der Waals surface area contributed by atoms with E-state index in [-0.39, 0.29) is 11.9 Å². The van der Waals surface area contributed by atoms with Gasteiger partial charge in [-0.1, -0.05) is 12.1 Å². The molecule has 0 aliphatic heterocycles. The van der Waals surface area contributed by atoms with Crippen LogP contribution in [0.4, 0.5) is 4.39 Å². The second kappa shape index (κ2) is 5.08. The van der Waals surface area contributed by atoms with Crippen molar-refractivity contribution in [3.8, 4) is 0 Å². The molecule has 0 bridgehead atoms. The first-order valence-electron chi connectivity index (χ1n) is 4.89. The highest BCUT2D eigenvalue weighted by molar-refractivity contribution is 9.10. The summed E-state index contributed by atoms with van der Waals surface area (Å²) >= 11 is 5.03. The molecule has 0 saturated carbocycles. The Hall–Kier alpha value is -0.710. The standard InChI is InChI=1S/C12H11BrFNS/c13-9-6-12(16-7-9)11(15)5-8-1-3-10(14)4-2-8/h1-4,6-7,11H,5,15H2. The molecular weight excluding hydrogens is 289 g/mol. The third-order valence-electron chi connectivity index (χ3n) is 2.32. The van der Waals surface area contributed by atoms with Gasteiger partial charge in [0.05, 0.1) is 0 Å². The molecule has 1 aromatic carbocycles. The number of rotatable bonds is 3. The van der Waals surface area contributed by atoms with Gasteiger partial charge in [0.15, 0.2) is 0 Å². The molecule has 2 N–H and O–H groups in total. The molecule has 2 rings (SSSR count). The fourth-order valence-electron chi connectivity index (χ4n) is 1.50. The molecule has 0 fully saturated rings. The summed E-state index contributed by atoms with van der Waals surface area (Å²) in [5.74, 6) is -0.212. The number of nitrogens with two attached hydrogens (primary N) is 1. The molecule has 1 unspecified atom stereocenters. The maximum Gasteiger partial charge on any atom is 0.123 e. The Morgan fingerprint density at radius 3 is 2.56 bits per heavy atom. The maximum atomic E-state index is 12.7. The Bertz CT molecular complexity index is 466. The Labute approximate surface area is 106 Å². The van der Waals surface area contributed by atoms with Gasteiger partial charge in [-0.3, -0.25) is 0 Å². The van der Waals surface area contributed by atoms with E-state index in [1.807, 2.05) is 11.4 Å². The summed E-state index contributed by atoms with van der Waals surface area (Å²) in [6.07, 6.45) is 0.729. The Morgan fingerprint density at radius 1 is 1.31 bits per heavy atom. The van der Waals surface area contributed by atoms with Gasteiger partial charge in [0.1, 0.15) is 5.82 Å². The molecule has 1 nitrogen and oxygen atoms in total. The summed E-state index contributed by atoms with van der Waals surface area (Å²) in [4.78, 5) is 1.14. The van der Waals surface area contributed by atoms with Crippen LogP contribution in [0.25, 0.3) is 0 Å². The van der Waals surface area contributed by atoms with Crippen LogP contribution in [0.15, 0.2) is 40.2 Å². The molecular formula is C12H11BrFNS. The fraction of sp³-hybridized carbons (Fsp3) is 0.167. The molecule has 0 amide bonds. The van der Waals surface area contributed by atoms with E-state index in [9.17, 15) is 4.39 Å². The first-order valence-corrected chi connectivity index (χ1v) is 6.56. The molecule has 0 aliphatic rings. The van der Waals surface area contributed by atoms with Crippen molar-refractivity contribution in [3.63, 3.8) is 0 Å². The van der Waals surface area contributed by atoms with Crippen LogP contribution in [0, 0.1) is 5.82 Å². The highest BCUT2D eigenvalue weighted by Crippen LogP contribution is 2.26. The van der Waals surface area contributed by atoms with Gasteiger partial charge in [-0.15, -0.1) is 11.3 Å². The third kappa shape index (κ3) is 2.90. The van der Waals surface area contributed by atoms with Crippen LogP contribution >= 0.6 is 27.3 Å². The SMILES string of the molecule is NC(Cc1ccc(F)cc1)c1cc(Br)cs1. The smallest absolute Gasteiger partial charge is 0.123 e. The Kier molecular flexibility index (Phi) is 3.74. The predicted molar refractivity (Wildman–Crippen MR) is 69.1 cm³/mol. The van der Waals surface area contributed by atoms with Gasteiger partial charge in [0.25, 0.3) is 0 Å². The molecule has 0 radical (unpaired) electrons. The van der Waals surface area contributed by atoms with E-state index >= 15 is 0 Å². The van der Waals surface area contributed by atoms with Gasteiger partial charge in [0.2, 0.25) is 0 Å². The summed E-state index contributed by atoms with van der Waals surface area (Å²) in [6.45, 7) is 0. The van der Waals surface area contributed by atoms with Crippen LogP contribution in [-0.4, -0.2) is 0 Å². The van der Waals surface area contributed by atoms with E-state index in [2.05, 4.69) is 15.9 Å². The average molecular weight is 300 g/mol. The first-order chi connectivity index (χ1) is 7.65. The van der Waals surface area contributed by atoms with E-state index in [0.29, 0.717) is 0 Å². The summed E-state index contributed by atoms with van der Waals surface area (Å²) in [7, 11) is 0. The molecule has 2 aromatic rings. The zero-order valence-electron chi connectivity index (χ0n) is 8.49. The molecule has 84 valence electrons. The molecule has 0 aliphatic carbocycles. The number of hydrogen-bond donors (Lipinski definition) is 1. The van der Waals surface area contributed by atoms with Gasteiger partial charge < -0.3 is 5.73 Å². The molecule has 16 heavy (non-hydrogen) atoms. The zero-order chi connectivity index (χ0) is 11.5. The number of benzene rings is 1. The minimum Gasteiger partial charge on any atom is -0.323 e. The minimum absolute atomic E-state index is 0.0261. The van der Waals surface area contributed by atoms with Crippen LogP contribution in [0.5, 0.6) is 0 Å². The molecule has 1 aromatic heterocycles. The lowest BCUT2D eigenvalue weighted by molar-refractivity contribution is 0.626. The van der Waals surface area contributed by atoms with Gasteiger partial charge in [-0.05, 0) is 46.1 Å². The lowest BCUT2D eigenvalue weighted by atomic mass is 10.1. The van der Waals surface area contributed by atoms with E-state index in [1.54, 1.807) is 23.5 Å². The molecule has 0 spiro atoms. The maximum absolute atomic E-state index is 12.7. The number of thiophene rings is 1. The second-order valence-electron chi connectivity index (χ2n) is 3.60. The fourth-order valence-corrected chi connectivity index (χ4v) is 2.95. The highest BCUT2D eigenvalue weighted by atomic mass is 79.9.